The van der Waals surface area contributed by atoms with Crippen molar-refractivity contribution in [2.24, 2.45) is 16.7 Å². The van der Waals surface area contributed by atoms with Crippen LogP contribution < -0.4 is 0 Å². The van der Waals surface area contributed by atoms with Gasteiger partial charge in [0.2, 0.25) is 5.91 Å². The molecule has 2 aliphatic carbocycles. The van der Waals surface area contributed by atoms with Gasteiger partial charge >= 0.3 is 0 Å². The Kier molecular flexibility index (Phi) is 6.38. The minimum Gasteiger partial charge on any atom is -0.337 e. The van der Waals surface area contributed by atoms with E-state index in [2.05, 4.69) is 6.07 Å². The number of nitriles is 1. The van der Waals surface area contributed by atoms with Gasteiger partial charge in [0.15, 0.2) is 15.8 Å². The third-order valence-electron chi connectivity index (χ3n) is 8.58. The maximum Gasteiger partial charge on any atom is 0.243 e. The van der Waals surface area contributed by atoms with Crippen molar-refractivity contribution in [3.05, 3.63) is 59.2 Å². The molecule has 0 aromatic heterocycles. The Bertz CT molecular complexity index is 1370. The number of carbonyl (C=O) groups is 1. The molecule has 1 aliphatic heterocycles. The van der Waals surface area contributed by atoms with Crippen molar-refractivity contribution in [3.8, 4) is 17.2 Å². The van der Waals surface area contributed by atoms with Gasteiger partial charge in [-0.25, -0.2) is 21.6 Å². The first-order valence-corrected chi connectivity index (χ1v) is 14.4. The topological polar surface area (TPSA) is 78.2 Å². The molecule has 5 nitrogen and oxygen atoms in total. The smallest absolute Gasteiger partial charge is 0.243 e. The normalized spacial score (nSPS) is 23.5. The number of hydrogen-bond acceptors (Lipinski definition) is 4. The van der Waals surface area contributed by atoms with Crippen molar-refractivity contribution in [1.82, 2.24) is 4.90 Å². The Morgan fingerprint density at radius 2 is 1.89 bits per heavy atom. The summed E-state index contributed by atoms with van der Waals surface area (Å²) in [5, 5.41) is 9.80. The van der Waals surface area contributed by atoms with Gasteiger partial charge in [-0.15, -0.1) is 0 Å². The summed E-state index contributed by atoms with van der Waals surface area (Å²) in [6, 6.07) is 9.05. The molecule has 1 heterocycles. The molecule has 1 amide bonds. The minimum atomic E-state index is -4.02. The summed E-state index contributed by atoms with van der Waals surface area (Å²) in [5.74, 6) is -2.38. The molecular weight excluding hydrogens is 501 g/mol. The maximum atomic E-state index is 15.9. The van der Waals surface area contributed by atoms with Crippen LogP contribution in [0.2, 0.25) is 0 Å². The summed E-state index contributed by atoms with van der Waals surface area (Å²) >= 11 is 0. The molecule has 0 bridgehead atoms. The van der Waals surface area contributed by atoms with Crippen LogP contribution in [-0.4, -0.2) is 43.6 Å². The first-order valence-electron chi connectivity index (χ1n) is 12.6. The maximum absolute atomic E-state index is 15.9. The summed E-state index contributed by atoms with van der Waals surface area (Å²) in [6.07, 6.45) is 3.06. The zero-order valence-corrected chi connectivity index (χ0v) is 21.5. The van der Waals surface area contributed by atoms with Crippen LogP contribution >= 0.6 is 0 Å². The van der Waals surface area contributed by atoms with Crippen molar-refractivity contribution in [2.45, 2.75) is 51.5 Å². The fourth-order valence-corrected chi connectivity index (χ4v) is 7.44. The number of likely N-dealkylation sites (tertiary alicyclic amines) is 1. The van der Waals surface area contributed by atoms with E-state index >= 15 is 4.39 Å². The van der Waals surface area contributed by atoms with Gasteiger partial charge in [0.05, 0.1) is 11.8 Å². The molecule has 2 atom stereocenters. The highest BCUT2D eigenvalue weighted by Gasteiger charge is 2.63. The molecular formula is C28H29F3N2O3S. The molecule has 5 rings (SSSR count). The van der Waals surface area contributed by atoms with E-state index in [0.717, 1.165) is 6.42 Å². The van der Waals surface area contributed by atoms with Gasteiger partial charge in [0, 0.05) is 24.1 Å². The highest BCUT2D eigenvalue weighted by atomic mass is 32.2. The predicted molar refractivity (Wildman–Crippen MR) is 133 cm³/mol. The Labute approximate surface area is 215 Å². The van der Waals surface area contributed by atoms with E-state index in [0.29, 0.717) is 36.8 Å². The molecule has 37 heavy (non-hydrogen) atoms. The summed E-state index contributed by atoms with van der Waals surface area (Å²) in [5.41, 5.74) is -0.107. The molecule has 0 radical (unpaired) electrons. The van der Waals surface area contributed by atoms with E-state index in [1.54, 1.807) is 36.1 Å². The number of aryl methyl sites for hydroxylation is 1. The molecule has 2 aromatic carbocycles. The average molecular weight is 531 g/mol. The molecule has 1 spiro atoms. The Morgan fingerprint density at radius 1 is 1.16 bits per heavy atom. The second-order valence-electron chi connectivity index (χ2n) is 11.0. The van der Waals surface area contributed by atoms with Crippen LogP contribution in [0.4, 0.5) is 13.2 Å². The molecule has 2 saturated carbocycles. The SMILES string of the molecule is Cc1cc(F)cc(-c2cccc(C[C@H]3[C@@H](CS(=O)(=O)CF)C4(CC4)CN3C(=O)C3(C#N)CCC3)c2F)c1. The molecule has 9 heteroatoms. The van der Waals surface area contributed by atoms with Crippen molar-refractivity contribution >= 4 is 15.7 Å². The van der Waals surface area contributed by atoms with Crippen LogP contribution in [0, 0.1) is 46.6 Å². The molecule has 3 aliphatic rings. The summed E-state index contributed by atoms with van der Waals surface area (Å²) in [6.45, 7) is 2.00. The Hall–Kier alpha value is -2.86. The van der Waals surface area contributed by atoms with Crippen molar-refractivity contribution in [3.63, 3.8) is 0 Å². The number of sulfone groups is 1. The van der Waals surface area contributed by atoms with Gasteiger partial charge in [-0.05, 0) is 79.7 Å². The lowest BCUT2D eigenvalue weighted by Crippen LogP contribution is -2.50. The highest BCUT2D eigenvalue weighted by Crippen LogP contribution is 2.60. The predicted octanol–water partition coefficient (Wildman–Crippen LogP) is 5.13. The van der Waals surface area contributed by atoms with Gasteiger partial charge in [0.1, 0.15) is 17.0 Å². The number of amides is 1. The summed E-state index contributed by atoms with van der Waals surface area (Å²) in [7, 11) is -4.02. The highest BCUT2D eigenvalue weighted by molar-refractivity contribution is 7.91. The third kappa shape index (κ3) is 4.54. The average Bonchev–Trinajstić information content (AvgIpc) is 3.54. The number of rotatable bonds is 7. The Balaban J connectivity index is 1.55. The quantitative estimate of drug-likeness (QED) is 0.498. The first-order chi connectivity index (χ1) is 17.5. The molecule has 3 fully saturated rings. The van der Waals surface area contributed by atoms with Gasteiger partial charge < -0.3 is 4.90 Å². The summed E-state index contributed by atoms with van der Waals surface area (Å²) in [4.78, 5) is 15.3. The third-order valence-corrected chi connectivity index (χ3v) is 9.78. The van der Waals surface area contributed by atoms with Gasteiger partial charge in [-0.1, -0.05) is 24.3 Å². The van der Waals surface area contributed by atoms with Crippen LogP contribution in [0.5, 0.6) is 0 Å². The second-order valence-corrected chi connectivity index (χ2v) is 13.1. The number of carbonyl (C=O) groups excluding carboxylic acids is 1. The van der Waals surface area contributed by atoms with Crippen LogP contribution in [0.1, 0.15) is 43.2 Å². The van der Waals surface area contributed by atoms with Crippen molar-refractivity contribution < 1.29 is 26.4 Å². The molecule has 2 aromatic rings. The van der Waals surface area contributed by atoms with Crippen LogP contribution in [0.15, 0.2) is 36.4 Å². The fraction of sp³-hybridized carbons (Fsp3) is 0.500. The van der Waals surface area contributed by atoms with Crippen LogP contribution in [0.3, 0.4) is 0 Å². The lowest BCUT2D eigenvalue weighted by molar-refractivity contribution is -0.144. The van der Waals surface area contributed by atoms with E-state index < -0.39 is 56.0 Å². The molecule has 0 unspecified atom stereocenters. The van der Waals surface area contributed by atoms with Gasteiger partial charge in [0.25, 0.3) is 0 Å². The standard InChI is InChI=1S/C28H29F3N2O3S/c1-18-10-20(12-21(30)11-18)22-5-2-4-19(25(22)31)13-24-23(14-37(35,36)17-29)28(8-9-28)16-33(24)26(34)27(15-32)6-3-7-27/h2,4-5,10-12,23-24H,3,6-9,13-14,16-17H2,1H3/t23-,24+/m1/s1. The monoisotopic (exact) mass is 530 g/mol. The number of nitrogens with zero attached hydrogens (tertiary/aromatic N) is 2. The second kappa shape index (κ2) is 9.16. The number of benzene rings is 2. The zero-order valence-electron chi connectivity index (χ0n) is 20.6. The largest absolute Gasteiger partial charge is 0.337 e. The zero-order chi connectivity index (χ0) is 26.6. The van der Waals surface area contributed by atoms with E-state index in [4.69, 9.17) is 0 Å². The molecule has 196 valence electrons. The van der Waals surface area contributed by atoms with Crippen LogP contribution in [0.25, 0.3) is 11.1 Å². The van der Waals surface area contributed by atoms with E-state index in [-0.39, 0.29) is 30.0 Å². The first kappa shape index (κ1) is 25.8. The summed E-state index contributed by atoms with van der Waals surface area (Å²) < 4.78 is 68.1. The van der Waals surface area contributed by atoms with E-state index in [9.17, 15) is 27.3 Å². The Morgan fingerprint density at radius 3 is 2.46 bits per heavy atom. The van der Waals surface area contributed by atoms with Crippen molar-refractivity contribution in [2.75, 3.05) is 18.3 Å². The minimum absolute atomic E-state index is 0.0233. The van der Waals surface area contributed by atoms with Crippen molar-refractivity contribution in [1.29, 1.82) is 5.26 Å². The number of halogens is 3. The number of alkyl halides is 1. The fourth-order valence-electron chi connectivity index (χ4n) is 6.23. The van der Waals surface area contributed by atoms with Crippen LogP contribution in [-0.2, 0) is 21.1 Å². The molecule has 1 saturated heterocycles. The van der Waals surface area contributed by atoms with E-state index in [1.807, 2.05) is 0 Å². The van der Waals surface area contributed by atoms with Gasteiger partial charge in [-0.3, -0.25) is 4.79 Å². The molecule has 0 N–H and O–H groups in total. The number of hydrogen-bond donors (Lipinski definition) is 0. The lowest BCUT2D eigenvalue weighted by atomic mass is 9.69. The van der Waals surface area contributed by atoms with E-state index in [1.165, 1.54) is 12.1 Å². The van der Waals surface area contributed by atoms with Gasteiger partial charge in [-0.2, -0.15) is 5.26 Å². The lowest BCUT2D eigenvalue weighted by Gasteiger charge is -2.39.